The van der Waals surface area contributed by atoms with E-state index in [4.69, 9.17) is 5.11 Å². The molecule has 0 aliphatic heterocycles. The number of hydrogen-bond donors (Lipinski definition) is 2. The van der Waals surface area contributed by atoms with Gasteiger partial charge in [0.2, 0.25) is 0 Å². The smallest absolute Gasteiger partial charge is 0.0449 e. The van der Waals surface area contributed by atoms with Crippen LogP contribution < -0.4 is 5.32 Å². The van der Waals surface area contributed by atoms with Crippen LogP contribution in [-0.2, 0) is 0 Å². The summed E-state index contributed by atoms with van der Waals surface area (Å²) >= 11 is 0. The number of nitrogens with one attached hydrogen (secondary N) is 1. The van der Waals surface area contributed by atoms with Gasteiger partial charge in [-0.25, -0.2) is 0 Å². The van der Waals surface area contributed by atoms with Gasteiger partial charge in [0.1, 0.15) is 0 Å². The maximum Gasteiger partial charge on any atom is 0.0449 e. The van der Waals surface area contributed by atoms with Crippen molar-refractivity contribution in [2.75, 3.05) is 13.2 Å². The lowest BCUT2D eigenvalue weighted by atomic mass is 9.97. The Morgan fingerprint density at radius 1 is 1.31 bits per heavy atom. The van der Waals surface area contributed by atoms with Gasteiger partial charge in [-0.15, -0.1) is 0 Å². The van der Waals surface area contributed by atoms with Crippen LogP contribution in [0.5, 0.6) is 0 Å². The molecule has 0 amide bonds. The Labute approximate surface area is 98.7 Å². The van der Waals surface area contributed by atoms with Gasteiger partial charge in [-0.1, -0.05) is 30.7 Å². The number of benzene rings is 1. The van der Waals surface area contributed by atoms with Gasteiger partial charge >= 0.3 is 0 Å². The lowest BCUT2D eigenvalue weighted by molar-refractivity contribution is 0.265. The minimum Gasteiger partial charge on any atom is -0.396 e. The number of aliphatic hydroxyl groups excluding tert-OH is 1. The van der Waals surface area contributed by atoms with Crippen LogP contribution >= 0.6 is 0 Å². The number of hydrogen-bond acceptors (Lipinski definition) is 2. The maximum absolute atomic E-state index is 9.12. The molecular weight excluding hydrogens is 198 g/mol. The molecule has 0 bridgehead atoms. The van der Waals surface area contributed by atoms with Gasteiger partial charge < -0.3 is 10.4 Å². The van der Waals surface area contributed by atoms with E-state index in [1.165, 1.54) is 16.7 Å². The van der Waals surface area contributed by atoms with Crippen LogP contribution in [0.3, 0.4) is 0 Å². The van der Waals surface area contributed by atoms with Crippen molar-refractivity contribution in [1.29, 1.82) is 0 Å². The molecule has 0 aliphatic rings. The van der Waals surface area contributed by atoms with Crippen LogP contribution in [0, 0.1) is 13.8 Å². The van der Waals surface area contributed by atoms with Crippen LogP contribution in [0.15, 0.2) is 18.2 Å². The Morgan fingerprint density at radius 3 is 2.69 bits per heavy atom. The molecule has 0 radical (unpaired) electrons. The standard InChI is InChI=1S/C14H23NO/c1-4-8-15-14(7-9-16)13-10-11(2)5-6-12(13)3/h5-6,10,14-16H,4,7-9H2,1-3H3. The van der Waals surface area contributed by atoms with E-state index in [9.17, 15) is 0 Å². The first-order chi connectivity index (χ1) is 7.69. The van der Waals surface area contributed by atoms with E-state index in [0.29, 0.717) is 0 Å². The maximum atomic E-state index is 9.12. The first-order valence-corrected chi connectivity index (χ1v) is 6.10. The van der Waals surface area contributed by atoms with Crippen molar-refractivity contribution in [3.63, 3.8) is 0 Å². The van der Waals surface area contributed by atoms with E-state index in [1.54, 1.807) is 0 Å². The largest absolute Gasteiger partial charge is 0.396 e. The zero-order chi connectivity index (χ0) is 12.0. The van der Waals surface area contributed by atoms with Gasteiger partial charge in [0.15, 0.2) is 0 Å². The van der Waals surface area contributed by atoms with Crippen LogP contribution in [0.2, 0.25) is 0 Å². The fourth-order valence-corrected chi connectivity index (χ4v) is 1.95. The van der Waals surface area contributed by atoms with Crippen LogP contribution in [-0.4, -0.2) is 18.3 Å². The molecule has 0 spiro atoms. The summed E-state index contributed by atoms with van der Waals surface area (Å²) in [6, 6.07) is 6.79. The summed E-state index contributed by atoms with van der Waals surface area (Å²) in [4.78, 5) is 0. The zero-order valence-corrected chi connectivity index (χ0v) is 10.6. The van der Waals surface area contributed by atoms with Crippen molar-refractivity contribution in [3.05, 3.63) is 34.9 Å². The van der Waals surface area contributed by atoms with Gasteiger partial charge in [0, 0.05) is 12.6 Å². The third-order valence-corrected chi connectivity index (χ3v) is 2.87. The minimum atomic E-state index is 0.231. The van der Waals surface area contributed by atoms with Gasteiger partial charge in [-0.05, 0) is 44.4 Å². The van der Waals surface area contributed by atoms with Gasteiger partial charge in [0.05, 0.1) is 0 Å². The highest BCUT2D eigenvalue weighted by atomic mass is 16.3. The van der Waals surface area contributed by atoms with Crippen LogP contribution in [0.4, 0.5) is 0 Å². The third kappa shape index (κ3) is 3.62. The highest BCUT2D eigenvalue weighted by molar-refractivity contribution is 5.33. The summed E-state index contributed by atoms with van der Waals surface area (Å²) in [5.41, 5.74) is 3.90. The Kier molecular flexibility index (Phi) is 5.50. The van der Waals surface area contributed by atoms with Crippen molar-refractivity contribution in [1.82, 2.24) is 5.32 Å². The van der Waals surface area contributed by atoms with Crippen LogP contribution in [0.25, 0.3) is 0 Å². The predicted octanol–water partition coefficient (Wildman–Crippen LogP) is 2.73. The van der Waals surface area contributed by atoms with Crippen molar-refractivity contribution in [3.8, 4) is 0 Å². The fourth-order valence-electron chi connectivity index (χ4n) is 1.95. The fraction of sp³-hybridized carbons (Fsp3) is 0.571. The molecule has 2 N–H and O–H groups in total. The lowest BCUT2D eigenvalue weighted by Gasteiger charge is -2.20. The van der Waals surface area contributed by atoms with Gasteiger partial charge in [0.25, 0.3) is 0 Å². The molecule has 0 saturated heterocycles. The second kappa shape index (κ2) is 6.66. The Balaban J connectivity index is 2.85. The second-order valence-corrected chi connectivity index (χ2v) is 4.38. The van der Waals surface area contributed by atoms with Crippen LogP contribution in [0.1, 0.15) is 42.5 Å². The van der Waals surface area contributed by atoms with E-state index in [-0.39, 0.29) is 12.6 Å². The molecule has 0 aliphatic carbocycles. The highest BCUT2D eigenvalue weighted by Crippen LogP contribution is 2.21. The monoisotopic (exact) mass is 221 g/mol. The lowest BCUT2D eigenvalue weighted by Crippen LogP contribution is -2.23. The Morgan fingerprint density at radius 2 is 2.06 bits per heavy atom. The summed E-state index contributed by atoms with van der Waals surface area (Å²) in [6.45, 7) is 7.63. The van der Waals surface area contributed by atoms with Crippen molar-refractivity contribution >= 4 is 0 Å². The second-order valence-electron chi connectivity index (χ2n) is 4.38. The topological polar surface area (TPSA) is 32.3 Å². The first-order valence-electron chi connectivity index (χ1n) is 6.10. The van der Waals surface area contributed by atoms with E-state index in [1.807, 2.05) is 0 Å². The third-order valence-electron chi connectivity index (χ3n) is 2.87. The molecule has 1 aromatic rings. The highest BCUT2D eigenvalue weighted by Gasteiger charge is 2.12. The van der Waals surface area contributed by atoms with Crippen molar-refractivity contribution in [2.24, 2.45) is 0 Å². The van der Waals surface area contributed by atoms with E-state index in [0.717, 1.165) is 19.4 Å². The molecule has 0 heterocycles. The summed E-state index contributed by atoms with van der Waals surface area (Å²) in [5.74, 6) is 0. The number of rotatable bonds is 6. The molecule has 1 rings (SSSR count). The molecule has 2 nitrogen and oxygen atoms in total. The predicted molar refractivity (Wildman–Crippen MR) is 68.7 cm³/mol. The molecule has 2 heteroatoms. The normalized spacial score (nSPS) is 12.8. The molecule has 1 unspecified atom stereocenters. The average molecular weight is 221 g/mol. The summed E-state index contributed by atoms with van der Waals surface area (Å²) in [5, 5.41) is 12.6. The molecular formula is C14H23NO. The first kappa shape index (κ1) is 13.2. The molecule has 1 atom stereocenters. The number of aliphatic hydroxyl groups is 1. The Hall–Kier alpha value is -0.860. The van der Waals surface area contributed by atoms with Gasteiger partial charge in [-0.2, -0.15) is 0 Å². The molecule has 90 valence electrons. The summed E-state index contributed by atoms with van der Waals surface area (Å²) in [6.07, 6.45) is 1.90. The van der Waals surface area contributed by atoms with E-state index in [2.05, 4.69) is 44.3 Å². The zero-order valence-electron chi connectivity index (χ0n) is 10.6. The molecule has 0 fully saturated rings. The van der Waals surface area contributed by atoms with Crippen molar-refractivity contribution < 1.29 is 5.11 Å². The SMILES string of the molecule is CCCNC(CCO)c1cc(C)ccc1C. The summed E-state index contributed by atoms with van der Waals surface area (Å²) in [7, 11) is 0. The summed E-state index contributed by atoms with van der Waals surface area (Å²) < 4.78 is 0. The molecule has 0 saturated carbocycles. The molecule has 0 aromatic heterocycles. The average Bonchev–Trinajstić information content (AvgIpc) is 2.28. The van der Waals surface area contributed by atoms with Crippen molar-refractivity contribution in [2.45, 2.75) is 39.7 Å². The number of aryl methyl sites for hydroxylation is 2. The molecule has 1 aromatic carbocycles. The quantitative estimate of drug-likeness (QED) is 0.774. The van der Waals surface area contributed by atoms with Gasteiger partial charge in [-0.3, -0.25) is 0 Å². The van der Waals surface area contributed by atoms with E-state index < -0.39 is 0 Å². The Bertz CT molecular complexity index is 323. The molecule has 16 heavy (non-hydrogen) atoms. The minimum absolute atomic E-state index is 0.231. The van der Waals surface area contributed by atoms with E-state index >= 15 is 0 Å².